The van der Waals surface area contributed by atoms with Crippen LogP contribution in [0.2, 0.25) is 5.02 Å². The van der Waals surface area contributed by atoms with E-state index in [1.165, 1.54) is 6.33 Å². The van der Waals surface area contributed by atoms with Crippen LogP contribution in [0.3, 0.4) is 0 Å². The zero-order valence-electron chi connectivity index (χ0n) is 9.11. The number of fused-ring (bicyclic) bond motifs is 1. The van der Waals surface area contributed by atoms with Crippen LogP contribution in [0.15, 0.2) is 35.2 Å². The highest BCUT2D eigenvalue weighted by molar-refractivity contribution is 9.10. The van der Waals surface area contributed by atoms with Gasteiger partial charge in [-0.15, -0.1) is 0 Å². The molecular weight excluding hydrogens is 316 g/mol. The summed E-state index contributed by atoms with van der Waals surface area (Å²) in [6.45, 7) is 0. The van der Waals surface area contributed by atoms with Crippen molar-refractivity contribution in [1.82, 2.24) is 15.0 Å². The lowest BCUT2D eigenvalue weighted by atomic mass is 10.1. The third kappa shape index (κ3) is 1.76. The minimum Gasteiger partial charge on any atom is -0.383 e. The number of halogens is 2. The lowest BCUT2D eigenvalue weighted by molar-refractivity contribution is 1.20. The van der Waals surface area contributed by atoms with E-state index in [1.807, 2.05) is 24.3 Å². The Balaban J connectivity index is 2.34. The first-order chi connectivity index (χ1) is 8.66. The molecule has 0 saturated heterocycles. The van der Waals surface area contributed by atoms with Crippen LogP contribution >= 0.6 is 27.5 Å². The van der Waals surface area contributed by atoms with Gasteiger partial charge in [0, 0.05) is 10.6 Å². The van der Waals surface area contributed by atoms with Crippen LogP contribution in [0, 0.1) is 0 Å². The average Bonchev–Trinajstić information content (AvgIpc) is 2.68. The maximum atomic E-state index is 5.92. The topological polar surface area (TPSA) is 67.6 Å². The molecule has 0 fully saturated rings. The lowest BCUT2D eigenvalue weighted by Crippen LogP contribution is -1.92. The molecule has 0 amide bonds. The Morgan fingerprint density at radius 3 is 2.61 bits per heavy atom. The van der Waals surface area contributed by atoms with Crippen molar-refractivity contribution in [2.75, 3.05) is 5.73 Å². The summed E-state index contributed by atoms with van der Waals surface area (Å²) >= 11 is 9.38. The van der Waals surface area contributed by atoms with Gasteiger partial charge in [-0.3, -0.25) is 0 Å². The van der Waals surface area contributed by atoms with Crippen LogP contribution in [0.1, 0.15) is 0 Å². The molecule has 6 heteroatoms. The number of aromatic amines is 1. The Labute approximate surface area is 116 Å². The molecule has 2 heterocycles. The summed E-state index contributed by atoms with van der Waals surface area (Å²) < 4.78 is 0.826. The Kier molecular flexibility index (Phi) is 2.72. The molecule has 0 aliphatic heterocycles. The van der Waals surface area contributed by atoms with E-state index in [0.717, 1.165) is 21.1 Å². The van der Waals surface area contributed by atoms with Gasteiger partial charge in [0.25, 0.3) is 0 Å². The standard InChI is InChI=1S/C12H8BrClN4/c13-10-8(6-1-3-7(14)4-2-6)9-11(15)16-5-17-12(9)18-10/h1-5H,(H3,15,16,17,18). The predicted molar refractivity (Wildman–Crippen MR) is 76.4 cm³/mol. The molecule has 3 N–H and O–H groups in total. The lowest BCUT2D eigenvalue weighted by Gasteiger charge is -2.02. The highest BCUT2D eigenvalue weighted by Crippen LogP contribution is 2.37. The van der Waals surface area contributed by atoms with E-state index in [0.29, 0.717) is 16.5 Å². The molecule has 3 rings (SSSR count). The first-order valence-corrected chi connectivity index (χ1v) is 6.37. The Hall–Kier alpha value is -1.59. The summed E-state index contributed by atoms with van der Waals surface area (Å²) in [5.74, 6) is 0.451. The summed E-state index contributed by atoms with van der Waals surface area (Å²) in [5, 5.41) is 1.51. The molecule has 0 spiro atoms. The van der Waals surface area contributed by atoms with E-state index in [4.69, 9.17) is 17.3 Å². The molecule has 2 aromatic heterocycles. The van der Waals surface area contributed by atoms with Crippen molar-refractivity contribution in [3.05, 3.63) is 40.2 Å². The van der Waals surface area contributed by atoms with E-state index in [-0.39, 0.29) is 0 Å². The number of nitrogens with zero attached hydrogens (tertiary/aromatic N) is 2. The first-order valence-electron chi connectivity index (χ1n) is 5.20. The van der Waals surface area contributed by atoms with Gasteiger partial charge in [0.2, 0.25) is 0 Å². The SMILES string of the molecule is Nc1ncnc2[nH]c(Br)c(-c3ccc(Cl)cc3)c12. The number of nitrogen functional groups attached to an aromatic ring is 1. The molecule has 0 bridgehead atoms. The van der Waals surface area contributed by atoms with E-state index < -0.39 is 0 Å². The maximum absolute atomic E-state index is 5.92. The zero-order valence-corrected chi connectivity index (χ0v) is 11.5. The van der Waals surface area contributed by atoms with Gasteiger partial charge in [0.15, 0.2) is 0 Å². The number of hydrogen-bond donors (Lipinski definition) is 2. The molecule has 3 aromatic rings. The largest absolute Gasteiger partial charge is 0.383 e. The van der Waals surface area contributed by atoms with Crippen molar-refractivity contribution in [2.24, 2.45) is 0 Å². The minimum absolute atomic E-state index is 0.451. The van der Waals surface area contributed by atoms with E-state index in [9.17, 15) is 0 Å². The second-order valence-electron chi connectivity index (χ2n) is 3.80. The number of H-pyrrole nitrogens is 1. The predicted octanol–water partition coefficient (Wildman–Crippen LogP) is 3.62. The second kappa shape index (κ2) is 4.26. The maximum Gasteiger partial charge on any atom is 0.144 e. The third-order valence-electron chi connectivity index (χ3n) is 2.71. The molecule has 1 aromatic carbocycles. The van der Waals surface area contributed by atoms with Crippen molar-refractivity contribution < 1.29 is 0 Å². The van der Waals surface area contributed by atoms with Gasteiger partial charge in [-0.05, 0) is 33.6 Å². The van der Waals surface area contributed by atoms with Crippen molar-refractivity contribution in [2.45, 2.75) is 0 Å². The smallest absolute Gasteiger partial charge is 0.144 e. The monoisotopic (exact) mass is 322 g/mol. The van der Waals surface area contributed by atoms with Gasteiger partial charge in [0.1, 0.15) is 17.8 Å². The minimum atomic E-state index is 0.451. The van der Waals surface area contributed by atoms with Crippen molar-refractivity contribution >= 4 is 44.4 Å². The van der Waals surface area contributed by atoms with Crippen LogP contribution in [-0.4, -0.2) is 15.0 Å². The fourth-order valence-corrected chi connectivity index (χ4v) is 2.65. The molecule has 0 unspecified atom stereocenters. The van der Waals surface area contributed by atoms with Crippen molar-refractivity contribution in [3.8, 4) is 11.1 Å². The Morgan fingerprint density at radius 1 is 1.17 bits per heavy atom. The number of nitrogens with two attached hydrogens (primary N) is 1. The van der Waals surface area contributed by atoms with Crippen LogP contribution in [0.4, 0.5) is 5.82 Å². The van der Waals surface area contributed by atoms with Gasteiger partial charge in [-0.1, -0.05) is 23.7 Å². The molecule has 0 saturated carbocycles. The van der Waals surface area contributed by atoms with Crippen LogP contribution in [0.25, 0.3) is 22.2 Å². The van der Waals surface area contributed by atoms with Crippen LogP contribution < -0.4 is 5.73 Å². The number of benzene rings is 1. The van der Waals surface area contributed by atoms with Gasteiger partial charge < -0.3 is 10.7 Å². The van der Waals surface area contributed by atoms with Gasteiger partial charge in [0.05, 0.1) is 9.99 Å². The molecule has 0 atom stereocenters. The fraction of sp³-hybridized carbons (Fsp3) is 0. The first kappa shape index (κ1) is 11.5. The highest BCUT2D eigenvalue weighted by Gasteiger charge is 2.15. The average molecular weight is 324 g/mol. The molecule has 0 radical (unpaired) electrons. The van der Waals surface area contributed by atoms with Gasteiger partial charge in [-0.2, -0.15) is 0 Å². The summed E-state index contributed by atoms with van der Waals surface area (Å²) in [7, 11) is 0. The van der Waals surface area contributed by atoms with Gasteiger partial charge in [-0.25, -0.2) is 9.97 Å². The van der Waals surface area contributed by atoms with Gasteiger partial charge >= 0.3 is 0 Å². The summed E-state index contributed by atoms with van der Waals surface area (Å²) in [6.07, 6.45) is 1.44. The molecule has 0 aliphatic carbocycles. The molecule has 18 heavy (non-hydrogen) atoms. The number of rotatable bonds is 1. The summed E-state index contributed by atoms with van der Waals surface area (Å²) in [4.78, 5) is 11.3. The van der Waals surface area contributed by atoms with Crippen LogP contribution in [0.5, 0.6) is 0 Å². The quantitative estimate of drug-likeness (QED) is 0.718. The molecule has 90 valence electrons. The van der Waals surface area contributed by atoms with Crippen molar-refractivity contribution in [1.29, 1.82) is 0 Å². The Bertz CT molecular complexity index is 721. The molecule has 4 nitrogen and oxygen atoms in total. The fourth-order valence-electron chi connectivity index (χ4n) is 1.90. The third-order valence-corrected chi connectivity index (χ3v) is 3.55. The zero-order chi connectivity index (χ0) is 12.7. The highest BCUT2D eigenvalue weighted by atomic mass is 79.9. The van der Waals surface area contributed by atoms with Crippen LogP contribution in [-0.2, 0) is 0 Å². The molecular formula is C12H8BrClN4. The van der Waals surface area contributed by atoms with E-state index in [2.05, 4.69) is 30.9 Å². The second-order valence-corrected chi connectivity index (χ2v) is 5.03. The number of aromatic nitrogens is 3. The summed E-state index contributed by atoms with van der Waals surface area (Å²) in [6, 6.07) is 7.54. The summed E-state index contributed by atoms with van der Waals surface area (Å²) in [5.41, 5.74) is 8.57. The number of hydrogen-bond acceptors (Lipinski definition) is 3. The molecule has 0 aliphatic rings. The number of anilines is 1. The Morgan fingerprint density at radius 2 is 1.89 bits per heavy atom. The normalized spacial score (nSPS) is 11.0. The van der Waals surface area contributed by atoms with Crippen molar-refractivity contribution in [3.63, 3.8) is 0 Å². The number of nitrogens with one attached hydrogen (secondary N) is 1. The van der Waals surface area contributed by atoms with E-state index >= 15 is 0 Å². The van der Waals surface area contributed by atoms with E-state index in [1.54, 1.807) is 0 Å².